The summed E-state index contributed by atoms with van der Waals surface area (Å²) in [6.07, 6.45) is 0.891. The van der Waals surface area contributed by atoms with Gasteiger partial charge < -0.3 is 11.1 Å². The lowest BCUT2D eigenvalue weighted by molar-refractivity contribution is 0.0952. The van der Waals surface area contributed by atoms with Gasteiger partial charge in [-0.1, -0.05) is 20.8 Å². The summed E-state index contributed by atoms with van der Waals surface area (Å²) in [4.78, 5) is 12.7. The van der Waals surface area contributed by atoms with Gasteiger partial charge in [-0.3, -0.25) is 4.79 Å². The van der Waals surface area contributed by atoms with Gasteiger partial charge in [0.1, 0.15) is 0 Å². The van der Waals surface area contributed by atoms with E-state index in [1.807, 2.05) is 11.4 Å². The highest BCUT2D eigenvalue weighted by molar-refractivity contribution is 7.12. The van der Waals surface area contributed by atoms with Crippen LogP contribution in [0.1, 0.15) is 36.0 Å². The molecule has 1 atom stereocenters. The SMILES string of the molecule is CCc1ccsc1C(=O)NCC(N)C(C)C. The van der Waals surface area contributed by atoms with Crippen molar-refractivity contribution in [3.05, 3.63) is 21.9 Å². The molecule has 0 bridgehead atoms. The fraction of sp³-hybridized carbons (Fsp3) is 0.583. The van der Waals surface area contributed by atoms with Gasteiger partial charge in [0.2, 0.25) is 0 Å². The number of nitrogens with two attached hydrogens (primary N) is 1. The van der Waals surface area contributed by atoms with Crippen molar-refractivity contribution in [1.82, 2.24) is 5.32 Å². The highest BCUT2D eigenvalue weighted by Gasteiger charge is 2.14. The van der Waals surface area contributed by atoms with Crippen molar-refractivity contribution >= 4 is 17.2 Å². The van der Waals surface area contributed by atoms with E-state index in [9.17, 15) is 4.79 Å². The van der Waals surface area contributed by atoms with Gasteiger partial charge in [-0.05, 0) is 29.3 Å². The average Bonchev–Trinajstić information content (AvgIpc) is 2.73. The molecule has 0 radical (unpaired) electrons. The Balaban J connectivity index is 2.53. The van der Waals surface area contributed by atoms with Crippen LogP contribution in [0.3, 0.4) is 0 Å². The summed E-state index contributed by atoms with van der Waals surface area (Å²) in [5.74, 6) is 0.386. The summed E-state index contributed by atoms with van der Waals surface area (Å²) in [5.41, 5.74) is 6.99. The Morgan fingerprint density at radius 2 is 2.25 bits per heavy atom. The molecule has 3 nitrogen and oxygen atoms in total. The largest absolute Gasteiger partial charge is 0.350 e. The maximum atomic E-state index is 11.9. The smallest absolute Gasteiger partial charge is 0.261 e. The van der Waals surface area contributed by atoms with E-state index in [2.05, 4.69) is 26.1 Å². The molecule has 1 amide bonds. The Labute approximate surface area is 101 Å². The number of rotatable bonds is 5. The molecule has 0 aliphatic rings. The van der Waals surface area contributed by atoms with Crippen molar-refractivity contribution in [3.8, 4) is 0 Å². The van der Waals surface area contributed by atoms with Gasteiger partial charge in [0.15, 0.2) is 0 Å². The minimum atomic E-state index is 0.00273. The van der Waals surface area contributed by atoms with E-state index in [1.165, 1.54) is 11.3 Å². The van der Waals surface area contributed by atoms with E-state index in [4.69, 9.17) is 5.73 Å². The molecule has 0 aliphatic carbocycles. The molecule has 4 heteroatoms. The molecule has 1 aromatic rings. The van der Waals surface area contributed by atoms with Crippen LogP contribution in [0, 0.1) is 5.92 Å². The molecule has 3 N–H and O–H groups in total. The van der Waals surface area contributed by atoms with Crippen LogP contribution in [0.5, 0.6) is 0 Å². The molecule has 1 rings (SSSR count). The Kier molecular flexibility index (Phi) is 4.96. The lowest BCUT2D eigenvalue weighted by Crippen LogP contribution is -2.40. The Morgan fingerprint density at radius 3 is 2.81 bits per heavy atom. The van der Waals surface area contributed by atoms with E-state index < -0.39 is 0 Å². The van der Waals surface area contributed by atoms with E-state index in [-0.39, 0.29) is 11.9 Å². The van der Waals surface area contributed by atoms with Crippen molar-refractivity contribution in [1.29, 1.82) is 0 Å². The van der Waals surface area contributed by atoms with Crippen LogP contribution in [-0.2, 0) is 6.42 Å². The van der Waals surface area contributed by atoms with Gasteiger partial charge in [0.05, 0.1) is 4.88 Å². The van der Waals surface area contributed by atoms with Gasteiger partial charge in [0.25, 0.3) is 5.91 Å². The number of carbonyl (C=O) groups is 1. The first-order chi connectivity index (χ1) is 7.56. The topological polar surface area (TPSA) is 55.1 Å². The molecule has 16 heavy (non-hydrogen) atoms. The molecule has 1 unspecified atom stereocenters. The molecule has 0 saturated carbocycles. The predicted octanol–water partition coefficient (Wildman–Crippen LogP) is 2.02. The fourth-order valence-electron chi connectivity index (χ4n) is 1.34. The van der Waals surface area contributed by atoms with Gasteiger partial charge in [0, 0.05) is 12.6 Å². The molecule has 90 valence electrons. The number of aryl methyl sites for hydroxylation is 1. The normalized spacial score (nSPS) is 12.8. The maximum Gasteiger partial charge on any atom is 0.261 e. The van der Waals surface area contributed by atoms with Crippen molar-refractivity contribution in [2.75, 3.05) is 6.54 Å². The molecule has 1 heterocycles. The molecule has 1 aromatic heterocycles. The molecule has 0 fully saturated rings. The standard InChI is InChI=1S/C12H20N2OS/c1-4-9-5-6-16-11(9)12(15)14-7-10(13)8(2)3/h5-6,8,10H,4,7,13H2,1-3H3,(H,14,15). The molecule has 0 spiro atoms. The first-order valence-corrected chi connectivity index (χ1v) is 6.54. The number of carbonyl (C=O) groups excluding carboxylic acids is 1. The summed E-state index contributed by atoms with van der Waals surface area (Å²) in [7, 11) is 0. The van der Waals surface area contributed by atoms with Crippen molar-refractivity contribution < 1.29 is 4.79 Å². The van der Waals surface area contributed by atoms with Crippen LogP contribution in [0.15, 0.2) is 11.4 Å². The van der Waals surface area contributed by atoms with Gasteiger partial charge in [-0.2, -0.15) is 0 Å². The third-order valence-electron chi connectivity index (χ3n) is 2.69. The average molecular weight is 240 g/mol. The van der Waals surface area contributed by atoms with Crippen LogP contribution >= 0.6 is 11.3 Å². The second-order valence-electron chi connectivity index (χ2n) is 4.25. The van der Waals surface area contributed by atoms with Crippen molar-refractivity contribution in [2.24, 2.45) is 11.7 Å². The summed E-state index contributed by atoms with van der Waals surface area (Å²) >= 11 is 1.49. The molecular formula is C12H20N2OS. The zero-order chi connectivity index (χ0) is 12.1. The van der Waals surface area contributed by atoms with Crippen LogP contribution in [0.25, 0.3) is 0 Å². The number of amides is 1. The molecular weight excluding hydrogens is 220 g/mol. The Bertz CT molecular complexity index is 347. The maximum absolute atomic E-state index is 11.9. The lowest BCUT2D eigenvalue weighted by Gasteiger charge is -2.16. The Hall–Kier alpha value is -0.870. The summed E-state index contributed by atoms with van der Waals surface area (Å²) in [6, 6.07) is 2.02. The van der Waals surface area contributed by atoms with Gasteiger partial charge >= 0.3 is 0 Å². The van der Waals surface area contributed by atoms with Crippen molar-refractivity contribution in [3.63, 3.8) is 0 Å². The van der Waals surface area contributed by atoms with Crippen LogP contribution in [0.2, 0.25) is 0 Å². The van der Waals surface area contributed by atoms with Crippen molar-refractivity contribution in [2.45, 2.75) is 33.2 Å². The zero-order valence-corrected chi connectivity index (χ0v) is 10.9. The lowest BCUT2D eigenvalue weighted by atomic mass is 10.1. The van der Waals surface area contributed by atoms with E-state index in [1.54, 1.807) is 0 Å². The third-order valence-corrected chi connectivity index (χ3v) is 3.64. The second-order valence-corrected chi connectivity index (χ2v) is 5.16. The second kappa shape index (κ2) is 6.01. The number of hydrogen-bond donors (Lipinski definition) is 2. The minimum Gasteiger partial charge on any atom is -0.350 e. The van der Waals surface area contributed by atoms with Gasteiger partial charge in [-0.25, -0.2) is 0 Å². The van der Waals surface area contributed by atoms with E-state index in [0.29, 0.717) is 12.5 Å². The van der Waals surface area contributed by atoms with Crippen LogP contribution < -0.4 is 11.1 Å². The summed E-state index contributed by atoms with van der Waals surface area (Å²) < 4.78 is 0. The molecule has 0 aliphatic heterocycles. The Morgan fingerprint density at radius 1 is 1.56 bits per heavy atom. The first-order valence-electron chi connectivity index (χ1n) is 5.66. The quantitative estimate of drug-likeness (QED) is 0.827. The third kappa shape index (κ3) is 3.32. The summed E-state index contributed by atoms with van der Waals surface area (Å²) in [6.45, 7) is 6.70. The number of thiophene rings is 1. The van der Waals surface area contributed by atoms with Crippen LogP contribution in [-0.4, -0.2) is 18.5 Å². The van der Waals surface area contributed by atoms with E-state index in [0.717, 1.165) is 16.9 Å². The van der Waals surface area contributed by atoms with E-state index >= 15 is 0 Å². The molecule has 0 aromatic carbocycles. The van der Waals surface area contributed by atoms with Gasteiger partial charge in [-0.15, -0.1) is 11.3 Å². The monoisotopic (exact) mass is 240 g/mol. The predicted molar refractivity (Wildman–Crippen MR) is 68.8 cm³/mol. The zero-order valence-electron chi connectivity index (χ0n) is 10.1. The fourth-order valence-corrected chi connectivity index (χ4v) is 2.25. The van der Waals surface area contributed by atoms with Crippen LogP contribution in [0.4, 0.5) is 0 Å². The number of nitrogens with one attached hydrogen (secondary N) is 1. The highest BCUT2D eigenvalue weighted by Crippen LogP contribution is 2.16. The number of hydrogen-bond acceptors (Lipinski definition) is 3. The summed E-state index contributed by atoms with van der Waals surface area (Å²) in [5, 5.41) is 4.84. The minimum absolute atomic E-state index is 0.00273. The first kappa shape index (κ1) is 13.2. The highest BCUT2D eigenvalue weighted by atomic mass is 32.1. The molecule has 0 saturated heterocycles.